The summed E-state index contributed by atoms with van der Waals surface area (Å²) in [6, 6.07) is 6.22. The molecule has 1 aromatic rings. The van der Waals surface area contributed by atoms with Crippen LogP contribution in [0.25, 0.3) is 0 Å². The minimum Gasteiger partial charge on any atom is -0.380 e. The summed E-state index contributed by atoms with van der Waals surface area (Å²) < 4.78 is 5.41. The van der Waals surface area contributed by atoms with Crippen LogP contribution in [0.4, 0.5) is 5.69 Å². The Labute approximate surface area is 114 Å². The molecule has 1 aliphatic rings. The van der Waals surface area contributed by atoms with Crippen LogP contribution in [0.2, 0.25) is 5.02 Å². The first-order valence-electron chi connectivity index (χ1n) is 6.42. The Bertz CT molecular complexity index is 409. The van der Waals surface area contributed by atoms with Crippen LogP contribution in [0.5, 0.6) is 0 Å². The molecule has 18 heavy (non-hydrogen) atoms. The van der Waals surface area contributed by atoms with Gasteiger partial charge in [-0.15, -0.1) is 0 Å². The van der Waals surface area contributed by atoms with E-state index in [0.29, 0.717) is 6.10 Å². The molecular formula is C14H21ClN2O. The van der Waals surface area contributed by atoms with Crippen LogP contribution in [0.3, 0.4) is 0 Å². The van der Waals surface area contributed by atoms with E-state index in [2.05, 4.69) is 11.0 Å². The van der Waals surface area contributed by atoms with Gasteiger partial charge in [0, 0.05) is 37.0 Å². The van der Waals surface area contributed by atoms with Crippen molar-refractivity contribution in [3.63, 3.8) is 0 Å². The van der Waals surface area contributed by atoms with Gasteiger partial charge in [-0.1, -0.05) is 17.7 Å². The average molecular weight is 269 g/mol. The Morgan fingerprint density at radius 2 is 2.33 bits per heavy atom. The zero-order valence-corrected chi connectivity index (χ0v) is 11.8. The van der Waals surface area contributed by atoms with E-state index in [-0.39, 0.29) is 6.04 Å². The summed E-state index contributed by atoms with van der Waals surface area (Å²) in [6.07, 6.45) is 2.27. The zero-order chi connectivity index (χ0) is 13.1. The molecule has 0 aliphatic carbocycles. The molecule has 2 atom stereocenters. The normalized spacial score (nSPS) is 21.3. The molecule has 3 nitrogen and oxygen atoms in total. The van der Waals surface area contributed by atoms with Gasteiger partial charge in [0.2, 0.25) is 0 Å². The first-order chi connectivity index (χ1) is 8.60. The van der Waals surface area contributed by atoms with E-state index in [9.17, 15) is 0 Å². The lowest BCUT2D eigenvalue weighted by molar-refractivity contribution is 0.121. The predicted molar refractivity (Wildman–Crippen MR) is 76.4 cm³/mol. The molecule has 4 heteroatoms. The molecule has 2 N–H and O–H groups in total. The van der Waals surface area contributed by atoms with E-state index in [0.717, 1.165) is 31.0 Å². The SMILES string of the molecule is COC1CCN(c2cc(Cl)ccc2CC(C)N)C1. The number of benzene rings is 1. The van der Waals surface area contributed by atoms with Crippen LogP contribution in [0.15, 0.2) is 18.2 Å². The highest BCUT2D eigenvalue weighted by atomic mass is 35.5. The highest BCUT2D eigenvalue weighted by Gasteiger charge is 2.24. The van der Waals surface area contributed by atoms with Gasteiger partial charge in [0.1, 0.15) is 0 Å². The first kappa shape index (κ1) is 13.7. The van der Waals surface area contributed by atoms with Gasteiger partial charge in [0.15, 0.2) is 0 Å². The summed E-state index contributed by atoms with van der Waals surface area (Å²) >= 11 is 6.11. The lowest BCUT2D eigenvalue weighted by atomic mass is 10.0. The van der Waals surface area contributed by atoms with Gasteiger partial charge in [-0.05, 0) is 37.5 Å². The van der Waals surface area contributed by atoms with Crippen molar-refractivity contribution in [2.24, 2.45) is 5.73 Å². The lowest BCUT2D eigenvalue weighted by Gasteiger charge is -2.23. The van der Waals surface area contributed by atoms with Crippen LogP contribution in [0, 0.1) is 0 Å². The topological polar surface area (TPSA) is 38.5 Å². The Morgan fingerprint density at radius 1 is 1.56 bits per heavy atom. The maximum Gasteiger partial charge on any atom is 0.0762 e. The standard InChI is InChI=1S/C14H21ClN2O/c1-10(16)7-11-3-4-12(15)8-14(11)17-6-5-13(9-17)18-2/h3-4,8,10,13H,5-7,9,16H2,1-2H3. The smallest absolute Gasteiger partial charge is 0.0762 e. The summed E-state index contributed by atoms with van der Waals surface area (Å²) in [5.74, 6) is 0. The minimum atomic E-state index is 0.158. The van der Waals surface area contributed by atoms with Crippen molar-refractivity contribution in [2.75, 3.05) is 25.1 Å². The Hall–Kier alpha value is -0.770. The molecule has 0 radical (unpaired) electrons. The van der Waals surface area contributed by atoms with Crippen LogP contribution in [-0.2, 0) is 11.2 Å². The molecule has 1 heterocycles. The molecule has 1 aliphatic heterocycles. The van der Waals surface area contributed by atoms with Crippen LogP contribution < -0.4 is 10.6 Å². The average Bonchev–Trinajstić information content (AvgIpc) is 2.79. The second-order valence-corrected chi connectivity index (χ2v) is 5.48. The zero-order valence-electron chi connectivity index (χ0n) is 11.0. The molecule has 100 valence electrons. The molecule has 0 amide bonds. The Balaban J connectivity index is 2.22. The summed E-state index contributed by atoms with van der Waals surface area (Å²) in [7, 11) is 1.77. The van der Waals surface area contributed by atoms with Gasteiger partial charge >= 0.3 is 0 Å². The second-order valence-electron chi connectivity index (χ2n) is 5.05. The summed E-state index contributed by atoms with van der Waals surface area (Å²) in [4.78, 5) is 2.34. The monoisotopic (exact) mass is 268 g/mol. The number of hydrogen-bond acceptors (Lipinski definition) is 3. The van der Waals surface area contributed by atoms with Crippen molar-refractivity contribution < 1.29 is 4.74 Å². The van der Waals surface area contributed by atoms with E-state index < -0.39 is 0 Å². The molecule has 2 unspecified atom stereocenters. The van der Waals surface area contributed by atoms with Gasteiger partial charge in [0.25, 0.3) is 0 Å². The van der Waals surface area contributed by atoms with Crippen LogP contribution in [-0.4, -0.2) is 32.3 Å². The number of anilines is 1. The molecule has 1 saturated heterocycles. The van der Waals surface area contributed by atoms with Crippen LogP contribution in [0.1, 0.15) is 18.9 Å². The number of ether oxygens (including phenoxy) is 1. The lowest BCUT2D eigenvalue weighted by Crippen LogP contribution is -2.25. The third-order valence-electron chi connectivity index (χ3n) is 3.41. The number of nitrogens with two attached hydrogens (primary N) is 1. The van der Waals surface area contributed by atoms with Crippen LogP contribution >= 0.6 is 11.6 Å². The summed E-state index contributed by atoms with van der Waals surface area (Å²) in [5.41, 5.74) is 8.38. The fourth-order valence-corrected chi connectivity index (χ4v) is 2.66. The maximum atomic E-state index is 6.11. The molecular weight excluding hydrogens is 248 g/mol. The number of nitrogens with zero attached hydrogens (tertiary/aromatic N) is 1. The van der Waals surface area contributed by atoms with Gasteiger partial charge in [0.05, 0.1) is 6.10 Å². The largest absolute Gasteiger partial charge is 0.380 e. The van der Waals surface area contributed by atoms with E-state index in [1.54, 1.807) is 7.11 Å². The molecule has 0 spiro atoms. The third-order valence-corrected chi connectivity index (χ3v) is 3.64. The summed E-state index contributed by atoms with van der Waals surface area (Å²) in [6.45, 7) is 3.98. The molecule has 2 rings (SSSR count). The molecule has 0 saturated carbocycles. The molecule has 0 aromatic heterocycles. The number of hydrogen-bond donors (Lipinski definition) is 1. The van der Waals surface area contributed by atoms with Gasteiger partial charge < -0.3 is 15.4 Å². The van der Waals surface area contributed by atoms with E-state index in [1.165, 1.54) is 11.3 Å². The second kappa shape index (κ2) is 5.91. The third kappa shape index (κ3) is 3.16. The van der Waals surface area contributed by atoms with E-state index >= 15 is 0 Å². The summed E-state index contributed by atoms with van der Waals surface area (Å²) in [5, 5.41) is 0.777. The quantitative estimate of drug-likeness (QED) is 0.912. The van der Waals surface area contributed by atoms with Crippen molar-refractivity contribution >= 4 is 17.3 Å². The Kier molecular flexibility index (Phi) is 4.49. The fraction of sp³-hybridized carbons (Fsp3) is 0.571. The van der Waals surface area contributed by atoms with Crippen molar-refractivity contribution in [1.82, 2.24) is 0 Å². The van der Waals surface area contributed by atoms with Crippen molar-refractivity contribution in [3.8, 4) is 0 Å². The van der Waals surface area contributed by atoms with Gasteiger partial charge in [-0.25, -0.2) is 0 Å². The van der Waals surface area contributed by atoms with E-state index in [1.807, 2.05) is 19.1 Å². The fourth-order valence-electron chi connectivity index (χ4n) is 2.49. The molecule has 0 bridgehead atoms. The number of rotatable bonds is 4. The maximum absolute atomic E-state index is 6.11. The van der Waals surface area contributed by atoms with Gasteiger partial charge in [-0.2, -0.15) is 0 Å². The van der Waals surface area contributed by atoms with Crippen molar-refractivity contribution in [1.29, 1.82) is 0 Å². The molecule has 1 aromatic carbocycles. The number of methoxy groups -OCH3 is 1. The van der Waals surface area contributed by atoms with E-state index in [4.69, 9.17) is 22.1 Å². The molecule has 1 fully saturated rings. The predicted octanol–water partition coefficient (Wildman–Crippen LogP) is 2.45. The minimum absolute atomic E-state index is 0.158. The first-order valence-corrected chi connectivity index (χ1v) is 6.79. The van der Waals surface area contributed by atoms with Crippen molar-refractivity contribution in [3.05, 3.63) is 28.8 Å². The number of halogens is 1. The highest BCUT2D eigenvalue weighted by molar-refractivity contribution is 6.30. The highest BCUT2D eigenvalue weighted by Crippen LogP contribution is 2.29. The van der Waals surface area contributed by atoms with Gasteiger partial charge in [-0.3, -0.25) is 0 Å². The van der Waals surface area contributed by atoms with Crippen molar-refractivity contribution in [2.45, 2.75) is 31.9 Å². The Morgan fingerprint density at radius 3 is 2.94 bits per heavy atom.